The number of esters is 1. The fraction of sp³-hybridized carbons (Fsp3) is 0.700. The van der Waals surface area contributed by atoms with Crippen LogP contribution in [0.3, 0.4) is 0 Å². The third-order valence-electron chi connectivity index (χ3n) is 1.88. The maximum absolute atomic E-state index is 10.9. The molecule has 0 amide bonds. The summed E-state index contributed by atoms with van der Waals surface area (Å²) in [5.74, 6) is -0.288. The molecule has 0 radical (unpaired) electrons. The number of ether oxygens (including phenoxy) is 1. The molecule has 5 nitrogen and oxygen atoms in total. The van der Waals surface area contributed by atoms with Crippen molar-refractivity contribution in [3.05, 3.63) is 12.2 Å². The zero-order valence-corrected chi connectivity index (χ0v) is 11.3. The van der Waals surface area contributed by atoms with Gasteiger partial charge in [0.15, 0.2) is 0 Å². The smallest absolute Gasteiger partial charge is 0.335 e. The van der Waals surface area contributed by atoms with Crippen LogP contribution < -0.4 is 5.32 Å². The maximum Gasteiger partial charge on any atom is 0.335 e. The molecule has 6 heteroatoms. The Hall–Kier alpha value is -0.693. The fourth-order valence-corrected chi connectivity index (χ4v) is 2.00. The van der Waals surface area contributed by atoms with Crippen molar-refractivity contribution >= 4 is 15.3 Å². The number of nitrogens with one attached hydrogen (secondary N) is 1. The second-order valence-corrected chi connectivity index (χ2v) is 5.34. The molecular formula is C10H21NO4Si. The first-order valence-corrected chi connectivity index (χ1v) is 7.06. The lowest BCUT2D eigenvalue weighted by Crippen LogP contribution is -2.35. The number of rotatable bonds is 9. The highest BCUT2D eigenvalue weighted by Gasteiger charge is 2.07. The monoisotopic (exact) mass is 247 g/mol. The quantitative estimate of drug-likeness (QED) is 0.272. The molecule has 94 valence electrons. The van der Waals surface area contributed by atoms with Crippen molar-refractivity contribution in [3.8, 4) is 0 Å². The summed E-state index contributed by atoms with van der Waals surface area (Å²) in [6.07, 6.45) is 4.62. The van der Waals surface area contributed by atoms with Gasteiger partial charge in [0.25, 0.3) is 0 Å². The topological polar surface area (TPSA) is 56.8 Å². The van der Waals surface area contributed by atoms with E-state index in [-0.39, 0.29) is 5.97 Å². The van der Waals surface area contributed by atoms with Crippen LogP contribution in [-0.2, 0) is 18.4 Å². The van der Waals surface area contributed by atoms with Gasteiger partial charge in [0, 0.05) is 26.5 Å². The van der Waals surface area contributed by atoms with E-state index < -0.39 is 9.28 Å². The van der Waals surface area contributed by atoms with Crippen LogP contribution in [0.25, 0.3) is 0 Å². The van der Waals surface area contributed by atoms with Crippen LogP contribution >= 0.6 is 0 Å². The van der Waals surface area contributed by atoms with E-state index >= 15 is 0 Å². The first kappa shape index (κ1) is 15.3. The van der Waals surface area contributed by atoms with Crippen molar-refractivity contribution in [2.24, 2.45) is 0 Å². The van der Waals surface area contributed by atoms with Gasteiger partial charge in [-0.05, 0) is 19.9 Å². The van der Waals surface area contributed by atoms with Crippen molar-refractivity contribution in [2.45, 2.75) is 13.3 Å². The van der Waals surface area contributed by atoms with Crippen molar-refractivity contribution in [2.75, 3.05) is 33.5 Å². The molecule has 0 rings (SSSR count). The minimum absolute atomic E-state index is 0.288. The summed E-state index contributed by atoms with van der Waals surface area (Å²) >= 11 is 0. The van der Waals surface area contributed by atoms with Crippen molar-refractivity contribution in [1.82, 2.24) is 5.32 Å². The molecule has 0 spiro atoms. The number of hydrogen-bond acceptors (Lipinski definition) is 5. The third kappa shape index (κ3) is 8.60. The van der Waals surface area contributed by atoms with Crippen LogP contribution in [0.2, 0.25) is 0 Å². The van der Waals surface area contributed by atoms with E-state index in [0.717, 1.165) is 19.1 Å². The Labute approximate surface area is 98.6 Å². The average molecular weight is 247 g/mol. The molecular weight excluding hydrogens is 226 g/mol. The molecule has 0 unspecified atom stereocenters. The summed E-state index contributed by atoms with van der Waals surface area (Å²) in [7, 11) is 1.80. The second-order valence-electron chi connectivity index (χ2n) is 3.13. The Morgan fingerprint density at radius 1 is 1.38 bits per heavy atom. The van der Waals surface area contributed by atoms with Gasteiger partial charge < -0.3 is 18.9 Å². The molecule has 0 aromatic carbocycles. The molecule has 0 atom stereocenters. The zero-order valence-electron chi connectivity index (χ0n) is 10.2. The Bertz CT molecular complexity index is 207. The Morgan fingerprint density at radius 3 is 2.62 bits per heavy atom. The van der Waals surface area contributed by atoms with Gasteiger partial charge in [-0.3, -0.25) is 0 Å². The highest BCUT2D eigenvalue weighted by atomic mass is 28.3. The van der Waals surface area contributed by atoms with Crippen molar-refractivity contribution in [3.63, 3.8) is 0 Å². The molecule has 0 heterocycles. The summed E-state index contributed by atoms with van der Waals surface area (Å²) in [4.78, 5) is 10.9. The van der Waals surface area contributed by atoms with E-state index in [1.54, 1.807) is 27.2 Å². The molecule has 0 aliphatic heterocycles. The van der Waals surface area contributed by atoms with Crippen LogP contribution in [0.15, 0.2) is 12.2 Å². The van der Waals surface area contributed by atoms with E-state index in [1.165, 1.54) is 6.08 Å². The molecule has 16 heavy (non-hydrogen) atoms. The van der Waals surface area contributed by atoms with Gasteiger partial charge in [0.1, 0.15) is 0 Å². The highest BCUT2D eigenvalue weighted by Crippen LogP contribution is 1.86. The van der Waals surface area contributed by atoms with Crippen LogP contribution in [0.5, 0.6) is 0 Å². The summed E-state index contributed by atoms with van der Waals surface area (Å²) in [5, 5.41) is 3.20. The van der Waals surface area contributed by atoms with Gasteiger partial charge >= 0.3 is 15.3 Å². The van der Waals surface area contributed by atoms with Crippen molar-refractivity contribution < 1.29 is 18.4 Å². The van der Waals surface area contributed by atoms with E-state index in [0.29, 0.717) is 6.61 Å². The predicted octanol–water partition coefficient (Wildman–Crippen LogP) is 0.138. The molecule has 0 aromatic rings. The molecule has 0 fully saturated rings. The summed E-state index contributed by atoms with van der Waals surface area (Å²) in [5.41, 5.74) is 0. The lowest BCUT2D eigenvalue weighted by atomic mass is 10.4. The van der Waals surface area contributed by atoms with Gasteiger partial charge in [0.05, 0.1) is 6.61 Å². The molecule has 0 aromatic heterocycles. The first-order valence-electron chi connectivity index (χ1n) is 5.30. The van der Waals surface area contributed by atoms with E-state index in [4.69, 9.17) is 13.6 Å². The lowest BCUT2D eigenvalue weighted by molar-refractivity contribution is -0.137. The zero-order chi connectivity index (χ0) is 12.2. The fourth-order valence-electron chi connectivity index (χ4n) is 1.04. The minimum Gasteiger partial charge on any atom is -0.462 e. The van der Waals surface area contributed by atoms with E-state index in [2.05, 4.69) is 5.32 Å². The number of carbonyl (C=O) groups is 1. The standard InChI is InChI=1S/C10H21NO4Si/c1-4-6-10(12)15-8-5-7-11-9-16(13-2)14-3/h4,6,11,16H,5,7-9H2,1-3H3. The van der Waals surface area contributed by atoms with E-state index in [1.807, 2.05) is 0 Å². The van der Waals surface area contributed by atoms with Crippen LogP contribution in [0.1, 0.15) is 13.3 Å². The SMILES string of the molecule is CC=CC(=O)OCCCNC[SiH](OC)OC. The maximum atomic E-state index is 10.9. The number of hydrogen-bond donors (Lipinski definition) is 1. The van der Waals surface area contributed by atoms with Crippen LogP contribution in [0, 0.1) is 0 Å². The molecule has 0 saturated carbocycles. The van der Waals surface area contributed by atoms with Gasteiger partial charge in [-0.15, -0.1) is 0 Å². The third-order valence-corrected chi connectivity index (χ3v) is 3.56. The van der Waals surface area contributed by atoms with Crippen molar-refractivity contribution in [1.29, 1.82) is 0 Å². The van der Waals surface area contributed by atoms with E-state index in [9.17, 15) is 4.79 Å². The largest absolute Gasteiger partial charge is 0.462 e. The number of allylic oxidation sites excluding steroid dienone is 1. The average Bonchev–Trinajstić information content (AvgIpc) is 2.29. The predicted molar refractivity (Wildman–Crippen MR) is 64.4 cm³/mol. The Balaban J connectivity index is 3.30. The minimum atomic E-state index is -1.50. The van der Waals surface area contributed by atoms with Crippen LogP contribution in [-0.4, -0.2) is 48.8 Å². The second kappa shape index (κ2) is 10.8. The normalized spacial score (nSPS) is 11.2. The summed E-state index contributed by atoms with van der Waals surface area (Å²) in [6, 6.07) is 0. The molecule has 0 aliphatic carbocycles. The molecule has 0 aliphatic rings. The summed E-state index contributed by atoms with van der Waals surface area (Å²) < 4.78 is 15.2. The van der Waals surface area contributed by atoms with Gasteiger partial charge in [0.2, 0.25) is 0 Å². The molecule has 1 N–H and O–H groups in total. The number of carbonyl (C=O) groups excluding carboxylic acids is 1. The lowest BCUT2D eigenvalue weighted by Gasteiger charge is -2.11. The summed E-state index contributed by atoms with van der Waals surface area (Å²) in [6.45, 7) is 3.00. The van der Waals surface area contributed by atoms with Gasteiger partial charge in [-0.1, -0.05) is 6.08 Å². The Morgan fingerprint density at radius 2 is 2.06 bits per heavy atom. The highest BCUT2D eigenvalue weighted by molar-refractivity contribution is 6.44. The van der Waals surface area contributed by atoms with Gasteiger partial charge in [-0.2, -0.15) is 0 Å². The van der Waals surface area contributed by atoms with Crippen LogP contribution in [0.4, 0.5) is 0 Å². The van der Waals surface area contributed by atoms with Gasteiger partial charge in [-0.25, -0.2) is 4.79 Å². The first-order chi connectivity index (χ1) is 7.74. The Kier molecular flexibility index (Phi) is 10.3. The molecule has 0 bridgehead atoms. The molecule has 0 saturated heterocycles.